The van der Waals surface area contributed by atoms with Crippen LogP contribution in [0.1, 0.15) is 35.8 Å². The Kier molecular flexibility index (Phi) is 3.24. The molecule has 1 aromatic heterocycles. The van der Waals surface area contributed by atoms with Gasteiger partial charge in [0.1, 0.15) is 0 Å². The second kappa shape index (κ2) is 4.23. The number of hydrogen-bond acceptors (Lipinski definition) is 3. The highest BCUT2D eigenvalue weighted by Gasteiger charge is 2.16. The van der Waals surface area contributed by atoms with E-state index in [1.54, 1.807) is 17.7 Å². The zero-order valence-corrected chi connectivity index (χ0v) is 8.72. The largest absolute Gasteiger partial charge is 0.478 e. The van der Waals surface area contributed by atoms with E-state index in [1.807, 2.05) is 0 Å². The number of amides is 1. The van der Waals surface area contributed by atoms with Gasteiger partial charge in [-0.05, 0) is 17.9 Å². The highest BCUT2D eigenvalue weighted by atomic mass is 32.1. The molecular weight excluding hydrogens is 202 g/mol. The summed E-state index contributed by atoms with van der Waals surface area (Å²) in [6.07, 6.45) is 0. The van der Waals surface area contributed by atoms with Gasteiger partial charge in [-0.3, -0.25) is 4.79 Å². The first-order valence-corrected chi connectivity index (χ1v) is 5.03. The maximum Gasteiger partial charge on any atom is 0.336 e. The van der Waals surface area contributed by atoms with Gasteiger partial charge in [-0.2, -0.15) is 11.3 Å². The third kappa shape index (κ3) is 2.32. The minimum atomic E-state index is -0.960. The van der Waals surface area contributed by atoms with Crippen LogP contribution >= 0.6 is 11.3 Å². The van der Waals surface area contributed by atoms with Crippen molar-refractivity contribution in [2.75, 3.05) is 0 Å². The summed E-state index contributed by atoms with van der Waals surface area (Å²) in [4.78, 5) is 21.5. The molecule has 0 saturated carbocycles. The number of thiophene rings is 1. The standard InChI is InChI=1S/C9H11NO3S/c1-5(10-6(2)11)7-3-14-4-8(7)9(12)13/h3-5H,1-2H3,(H,10,11)(H,12,13). The second-order valence-corrected chi connectivity index (χ2v) is 3.71. The zero-order chi connectivity index (χ0) is 10.7. The van der Waals surface area contributed by atoms with Crippen LogP contribution in [0.2, 0.25) is 0 Å². The first kappa shape index (κ1) is 10.7. The van der Waals surface area contributed by atoms with E-state index in [9.17, 15) is 9.59 Å². The molecule has 1 amide bonds. The maximum atomic E-state index is 10.8. The summed E-state index contributed by atoms with van der Waals surface area (Å²) >= 11 is 1.32. The molecule has 5 heteroatoms. The molecular formula is C9H11NO3S. The van der Waals surface area contributed by atoms with Crippen LogP contribution in [0.4, 0.5) is 0 Å². The quantitative estimate of drug-likeness (QED) is 0.802. The lowest BCUT2D eigenvalue weighted by Gasteiger charge is -2.11. The van der Waals surface area contributed by atoms with Crippen LogP contribution in [0.15, 0.2) is 10.8 Å². The highest BCUT2D eigenvalue weighted by molar-refractivity contribution is 7.08. The molecule has 4 nitrogen and oxygen atoms in total. The van der Waals surface area contributed by atoms with Crippen molar-refractivity contribution < 1.29 is 14.7 Å². The average molecular weight is 213 g/mol. The number of nitrogens with one attached hydrogen (secondary N) is 1. The molecule has 1 heterocycles. The van der Waals surface area contributed by atoms with Crippen LogP contribution in [0.25, 0.3) is 0 Å². The number of carboxylic acid groups (broad SMARTS) is 1. The van der Waals surface area contributed by atoms with Gasteiger partial charge in [-0.25, -0.2) is 4.79 Å². The molecule has 1 aromatic rings. The van der Waals surface area contributed by atoms with Crippen molar-refractivity contribution in [3.05, 3.63) is 21.9 Å². The molecule has 0 spiro atoms. The predicted molar refractivity (Wildman–Crippen MR) is 53.5 cm³/mol. The molecule has 14 heavy (non-hydrogen) atoms. The van der Waals surface area contributed by atoms with Crippen LogP contribution in [0.5, 0.6) is 0 Å². The summed E-state index contributed by atoms with van der Waals surface area (Å²) < 4.78 is 0. The van der Waals surface area contributed by atoms with Gasteiger partial charge in [0.15, 0.2) is 0 Å². The van der Waals surface area contributed by atoms with E-state index in [0.29, 0.717) is 5.56 Å². The van der Waals surface area contributed by atoms with Gasteiger partial charge in [-0.1, -0.05) is 0 Å². The van der Waals surface area contributed by atoms with E-state index in [1.165, 1.54) is 18.3 Å². The number of hydrogen-bond donors (Lipinski definition) is 2. The van der Waals surface area contributed by atoms with E-state index in [-0.39, 0.29) is 17.5 Å². The van der Waals surface area contributed by atoms with Crippen molar-refractivity contribution >= 4 is 23.2 Å². The van der Waals surface area contributed by atoms with Crippen LogP contribution in [0, 0.1) is 0 Å². The number of carbonyl (C=O) groups is 2. The molecule has 1 rings (SSSR count). The second-order valence-electron chi connectivity index (χ2n) is 2.97. The fraction of sp³-hybridized carbons (Fsp3) is 0.333. The molecule has 0 bridgehead atoms. The SMILES string of the molecule is CC(=O)NC(C)c1cscc1C(=O)O. The third-order valence-corrected chi connectivity index (χ3v) is 2.57. The van der Waals surface area contributed by atoms with Gasteiger partial charge in [0, 0.05) is 12.3 Å². The molecule has 2 N–H and O–H groups in total. The maximum absolute atomic E-state index is 10.8. The minimum absolute atomic E-state index is 0.167. The number of carbonyl (C=O) groups excluding carboxylic acids is 1. The minimum Gasteiger partial charge on any atom is -0.478 e. The first-order valence-electron chi connectivity index (χ1n) is 4.09. The van der Waals surface area contributed by atoms with Crippen molar-refractivity contribution in [3.63, 3.8) is 0 Å². The first-order chi connectivity index (χ1) is 6.52. The fourth-order valence-corrected chi connectivity index (χ4v) is 2.12. The van der Waals surface area contributed by atoms with Crippen molar-refractivity contribution in [2.24, 2.45) is 0 Å². The highest BCUT2D eigenvalue weighted by Crippen LogP contribution is 2.22. The van der Waals surface area contributed by atoms with Crippen LogP contribution in [-0.2, 0) is 4.79 Å². The summed E-state index contributed by atoms with van der Waals surface area (Å²) in [6, 6.07) is -0.259. The van der Waals surface area contributed by atoms with E-state index in [4.69, 9.17) is 5.11 Å². The summed E-state index contributed by atoms with van der Waals surface area (Å²) in [5.41, 5.74) is 0.911. The van der Waals surface area contributed by atoms with Gasteiger partial charge < -0.3 is 10.4 Å². The van der Waals surface area contributed by atoms with Crippen LogP contribution in [-0.4, -0.2) is 17.0 Å². The average Bonchev–Trinajstić information content (AvgIpc) is 2.49. The smallest absolute Gasteiger partial charge is 0.336 e. The third-order valence-electron chi connectivity index (χ3n) is 1.81. The molecule has 0 fully saturated rings. The molecule has 1 atom stereocenters. The molecule has 0 aromatic carbocycles. The molecule has 0 saturated heterocycles. The molecule has 0 aliphatic heterocycles. The van der Waals surface area contributed by atoms with Crippen molar-refractivity contribution in [1.29, 1.82) is 0 Å². The molecule has 0 radical (unpaired) electrons. The Morgan fingerprint density at radius 3 is 2.64 bits per heavy atom. The van der Waals surface area contributed by atoms with Crippen molar-refractivity contribution in [2.45, 2.75) is 19.9 Å². The van der Waals surface area contributed by atoms with Crippen molar-refractivity contribution in [3.8, 4) is 0 Å². The van der Waals surface area contributed by atoms with Crippen LogP contribution in [0.3, 0.4) is 0 Å². The van der Waals surface area contributed by atoms with Gasteiger partial charge >= 0.3 is 5.97 Å². The normalized spacial score (nSPS) is 12.1. The zero-order valence-electron chi connectivity index (χ0n) is 7.90. The number of carboxylic acids is 1. The number of aromatic carboxylic acids is 1. The molecule has 1 unspecified atom stereocenters. The van der Waals surface area contributed by atoms with Gasteiger partial charge in [0.25, 0.3) is 0 Å². The lowest BCUT2D eigenvalue weighted by molar-refractivity contribution is -0.119. The Morgan fingerprint density at radius 1 is 1.50 bits per heavy atom. The molecule has 76 valence electrons. The summed E-state index contributed by atoms with van der Waals surface area (Å²) in [7, 11) is 0. The monoisotopic (exact) mass is 213 g/mol. The Hall–Kier alpha value is -1.36. The van der Waals surface area contributed by atoms with Crippen molar-refractivity contribution in [1.82, 2.24) is 5.32 Å². The van der Waals surface area contributed by atoms with Gasteiger partial charge in [0.05, 0.1) is 11.6 Å². The Labute approximate surface area is 85.6 Å². The molecule has 0 aliphatic rings. The lowest BCUT2D eigenvalue weighted by Crippen LogP contribution is -2.24. The lowest BCUT2D eigenvalue weighted by atomic mass is 10.1. The van der Waals surface area contributed by atoms with Gasteiger partial charge in [-0.15, -0.1) is 0 Å². The Morgan fingerprint density at radius 2 is 2.14 bits per heavy atom. The predicted octanol–water partition coefficient (Wildman–Crippen LogP) is 1.64. The summed E-state index contributed by atoms with van der Waals surface area (Å²) in [5, 5.41) is 14.8. The Balaban J connectivity index is 2.89. The van der Waals surface area contributed by atoms with E-state index in [0.717, 1.165) is 0 Å². The fourth-order valence-electron chi connectivity index (χ4n) is 1.20. The van der Waals surface area contributed by atoms with E-state index < -0.39 is 5.97 Å². The van der Waals surface area contributed by atoms with Gasteiger partial charge in [0.2, 0.25) is 5.91 Å². The number of rotatable bonds is 3. The topological polar surface area (TPSA) is 66.4 Å². The molecule has 0 aliphatic carbocycles. The summed E-state index contributed by atoms with van der Waals surface area (Å²) in [5.74, 6) is -1.13. The van der Waals surface area contributed by atoms with E-state index in [2.05, 4.69) is 5.32 Å². The summed E-state index contributed by atoms with van der Waals surface area (Å²) in [6.45, 7) is 3.17. The van der Waals surface area contributed by atoms with E-state index >= 15 is 0 Å². The van der Waals surface area contributed by atoms with Crippen LogP contribution < -0.4 is 5.32 Å². The Bertz CT molecular complexity index is 359.